The second kappa shape index (κ2) is 9.16. The van der Waals surface area contributed by atoms with Gasteiger partial charge in [-0.05, 0) is 18.1 Å². The molecule has 2 unspecified atom stereocenters. The maximum atomic E-state index is 13.0. The van der Waals surface area contributed by atoms with E-state index >= 15 is 0 Å². The first-order chi connectivity index (χ1) is 15.0. The highest BCUT2D eigenvalue weighted by Crippen LogP contribution is 2.29. The molecule has 1 aromatic heterocycles. The Bertz CT molecular complexity index is 1030. The number of amides is 2. The van der Waals surface area contributed by atoms with Gasteiger partial charge in [0, 0.05) is 38.3 Å². The number of rotatable bonds is 7. The fourth-order valence-electron chi connectivity index (χ4n) is 4.19. The smallest absolute Gasteiger partial charge is 0.228 e. The number of benzene rings is 2. The fourth-order valence-corrected chi connectivity index (χ4v) is 4.19. The Kier molecular flexibility index (Phi) is 6.16. The number of carbonyl (C=O) groups is 2. The molecule has 0 spiro atoms. The van der Waals surface area contributed by atoms with Crippen molar-refractivity contribution in [2.24, 2.45) is 5.92 Å². The van der Waals surface area contributed by atoms with E-state index in [0.717, 1.165) is 11.1 Å². The van der Waals surface area contributed by atoms with Gasteiger partial charge in [-0.25, -0.2) is 0 Å². The van der Waals surface area contributed by atoms with Gasteiger partial charge in [0.1, 0.15) is 0 Å². The molecule has 6 nitrogen and oxygen atoms in total. The van der Waals surface area contributed by atoms with Crippen LogP contribution in [0.5, 0.6) is 0 Å². The zero-order valence-electron chi connectivity index (χ0n) is 18.0. The molecule has 0 saturated carbocycles. The van der Waals surface area contributed by atoms with Crippen molar-refractivity contribution >= 4 is 11.8 Å². The van der Waals surface area contributed by atoms with Crippen LogP contribution in [-0.2, 0) is 22.7 Å². The van der Waals surface area contributed by atoms with Crippen LogP contribution in [0, 0.1) is 5.92 Å². The molecular weight excluding hydrogens is 388 g/mol. The highest BCUT2D eigenvalue weighted by molar-refractivity contribution is 5.89. The van der Waals surface area contributed by atoms with E-state index in [1.54, 1.807) is 18.1 Å². The van der Waals surface area contributed by atoms with Crippen LogP contribution in [-0.4, -0.2) is 45.0 Å². The van der Waals surface area contributed by atoms with Crippen LogP contribution in [0.25, 0.3) is 0 Å². The van der Waals surface area contributed by atoms with Crippen molar-refractivity contribution < 1.29 is 9.59 Å². The second-order valence-electron chi connectivity index (χ2n) is 8.26. The fraction of sp³-hybridized carbons (Fsp3) is 0.320. The van der Waals surface area contributed by atoms with E-state index in [1.807, 2.05) is 71.2 Å². The zero-order chi connectivity index (χ0) is 21.8. The first-order valence-electron chi connectivity index (χ1n) is 10.7. The Labute approximate surface area is 183 Å². The topological polar surface area (TPSA) is 58.4 Å². The van der Waals surface area contributed by atoms with Crippen LogP contribution in [0.2, 0.25) is 0 Å². The summed E-state index contributed by atoms with van der Waals surface area (Å²) in [7, 11) is 1.80. The summed E-state index contributed by atoms with van der Waals surface area (Å²) in [6.45, 7) is 3.66. The molecule has 2 aromatic carbocycles. The van der Waals surface area contributed by atoms with E-state index in [0.29, 0.717) is 19.6 Å². The minimum Gasteiger partial charge on any atom is -0.341 e. The predicted molar refractivity (Wildman–Crippen MR) is 119 cm³/mol. The van der Waals surface area contributed by atoms with Crippen molar-refractivity contribution in [2.45, 2.75) is 32.5 Å². The van der Waals surface area contributed by atoms with Crippen molar-refractivity contribution in [3.8, 4) is 0 Å². The molecule has 0 radical (unpaired) electrons. The minimum atomic E-state index is -0.303. The molecule has 1 aliphatic rings. The van der Waals surface area contributed by atoms with Crippen LogP contribution in [0.4, 0.5) is 0 Å². The lowest BCUT2D eigenvalue weighted by Gasteiger charge is -2.26. The summed E-state index contributed by atoms with van der Waals surface area (Å²) in [5, 5.41) is 4.42. The number of aromatic nitrogens is 2. The Morgan fingerprint density at radius 2 is 1.77 bits per heavy atom. The van der Waals surface area contributed by atoms with Gasteiger partial charge in [0.15, 0.2) is 0 Å². The van der Waals surface area contributed by atoms with Crippen molar-refractivity contribution in [3.63, 3.8) is 0 Å². The molecule has 1 fully saturated rings. The molecule has 31 heavy (non-hydrogen) atoms. The molecular formula is C25H28N4O2. The van der Waals surface area contributed by atoms with E-state index in [9.17, 15) is 9.59 Å². The standard InChI is InChI=1S/C25H28N4O2/c1-19(22-11-7-4-8-12-22)29-18-23(13-24(29)30)25(31)27(2)15-21-14-26-28(17-21)16-20-9-5-3-6-10-20/h3-12,14,17,19,23H,13,15-16,18H2,1-2H3. The number of hydrogen-bond acceptors (Lipinski definition) is 3. The summed E-state index contributed by atoms with van der Waals surface area (Å²) in [5.74, 6) is -0.256. The van der Waals surface area contributed by atoms with Gasteiger partial charge in [-0.15, -0.1) is 0 Å². The van der Waals surface area contributed by atoms with Crippen LogP contribution in [0.15, 0.2) is 73.1 Å². The average molecular weight is 417 g/mol. The van der Waals surface area contributed by atoms with E-state index in [-0.39, 0.29) is 30.2 Å². The van der Waals surface area contributed by atoms with Gasteiger partial charge in [-0.3, -0.25) is 14.3 Å². The third kappa shape index (κ3) is 4.85. The molecule has 6 heteroatoms. The van der Waals surface area contributed by atoms with Crippen LogP contribution in [0.3, 0.4) is 0 Å². The first-order valence-corrected chi connectivity index (χ1v) is 10.7. The third-order valence-electron chi connectivity index (χ3n) is 5.93. The summed E-state index contributed by atoms with van der Waals surface area (Å²) < 4.78 is 1.88. The summed E-state index contributed by atoms with van der Waals surface area (Å²) in [4.78, 5) is 29.2. The van der Waals surface area contributed by atoms with Crippen LogP contribution >= 0.6 is 0 Å². The molecule has 0 aliphatic carbocycles. The lowest BCUT2D eigenvalue weighted by molar-refractivity contribution is -0.135. The molecule has 2 amide bonds. The number of hydrogen-bond donors (Lipinski definition) is 0. The van der Waals surface area contributed by atoms with Gasteiger partial charge >= 0.3 is 0 Å². The molecule has 160 valence electrons. The SMILES string of the molecule is CC(c1ccccc1)N1CC(C(=O)N(C)Cc2cnn(Cc3ccccc3)c2)CC1=O. The van der Waals surface area contributed by atoms with Gasteiger partial charge < -0.3 is 9.80 Å². The van der Waals surface area contributed by atoms with Crippen LogP contribution < -0.4 is 0 Å². The normalized spacial score (nSPS) is 17.0. The Balaban J connectivity index is 1.35. The van der Waals surface area contributed by atoms with E-state index in [1.165, 1.54) is 5.56 Å². The molecule has 1 saturated heterocycles. The van der Waals surface area contributed by atoms with E-state index in [4.69, 9.17) is 0 Å². The number of nitrogens with zero attached hydrogens (tertiary/aromatic N) is 4. The highest BCUT2D eigenvalue weighted by Gasteiger charge is 2.38. The molecule has 0 bridgehead atoms. The summed E-state index contributed by atoms with van der Waals surface area (Å²) in [6, 6.07) is 20.1. The molecule has 3 aromatic rings. The Morgan fingerprint density at radius 1 is 1.10 bits per heavy atom. The van der Waals surface area contributed by atoms with Crippen molar-refractivity contribution in [3.05, 3.63) is 89.7 Å². The third-order valence-corrected chi connectivity index (χ3v) is 5.93. The Morgan fingerprint density at radius 3 is 2.48 bits per heavy atom. The molecule has 1 aliphatic heterocycles. The predicted octanol–water partition coefficient (Wildman–Crippen LogP) is 3.50. The first kappa shape index (κ1) is 20.8. The number of carbonyl (C=O) groups excluding carboxylic acids is 2. The molecule has 4 rings (SSSR count). The molecule has 2 heterocycles. The molecule has 2 atom stereocenters. The maximum absolute atomic E-state index is 13.0. The lowest BCUT2D eigenvalue weighted by atomic mass is 10.1. The minimum absolute atomic E-state index is 0.00641. The molecule has 0 N–H and O–H groups in total. The number of likely N-dealkylation sites (tertiary alicyclic amines) is 1. The monoisotopic (exact) mass is 416 g/mol. The summed E-state index contributed by atoms with van der Waals surface area (Å²) in [6.07, 6.45) is 4.05. The Hall–Kier alpha value is -3.41. The second-order valence-corrected chi connectivity index (χ2v) is 8.26. The van der Waals surface area contributed by atoms with Gasteiger partial charge in [0.2, 0.25) is 11.8 Å². The van der Waals surface area contributed by atoms with Crippen molar-refractivity contribution in [2.75, 3.05) is 13.6 Å². The largest absolute Gasteiger partial charge is 0.341 e. The van der Waals surface area contributed by atoms with Gasteiger partial charge in [-0.1, -0.05) is 60.7 Å². The average Bonchev–Trinajstić information content (AvgIpc) is 3.40. The summed E-state index contributed by atoms with van der Waals surface area (Å²) in [5.41, 5.74) is 3.24. The summed E-state index contributed by atoms with van der Waals surface area (Å²) >= 11 is 0. The quantitative estimate of drug-likeness (QED) is 0.592. The lowest BCUT2D eigenvalue weighted by Crippen LogP contribution is -2.34. The van der Waals surface area contributed by atoms with E-state index < -0.39 is 0 Å². The van der Waals surface area contributed by atoms with Gasteiger partial charge in [0.05, 0.1) is 24.7 Å². The van der Waals surface area contributed by atoms with Gasteiger partial charge in [-0.2, -0.15) is 5.10 Å². The van der Waals surface area contributed by atoms with Gasteiger partial charge in [0.25, 0.3) is 0 Å². The van der Waals surface area contributed by atoms with Crippen LogP contribution in [0.1, 0.15) is 36.1 Å². The zero-order valence-corrected chi connectivity index (χ0v) is 18.0. The highest BCUT2D eigenvalue weighted by atomic mass is 16.2. The van der Waals surface area contributed by atoms with E-state index in [2.05, 4.69) is 17.2 Å². The van der Waals surface area contributed by atoms with Crippen molar-refractivity contribution in [1.82, 2.24) is 19.6 Å². The maximum Gasteiger partial charge on any atom is 0.228 e. The van der Waals surface area contributed by atoms with Crippen molar-refractivity contribution in [1.29, 1.82) is 0 Å².